The fraction of sp³-hybridized carbons (Fsp3) is 0.964. The van der Waals surface area contributed by atoms with E-state index in [4.69, 9.17) is 4.74 Å². The van der Waals surface area contributed by atoms with Crippen molar-refractivity contribution in [2.24, 2.45) is 0 Å². The Labute approximate surface area is 387 Å². The normalized spacial score (nSPS) is 13.0. The number of rotatable bonds is 52. The molecule has 3 N–H and O–H groups in total. The molecule has 370 valence electrons. The number of esters is 1. The average Bonchev–Trinajstić information content (AvgIpc) is 3.26. The second kappa shape index (κ2) is 50.9. The Morgan fingerprint density at radius 1 is 0.403 bits per heavy atom. The minimum Gasteiger partial charge on any atom is -0.462 e. The van der Waals surface area contributed by atoms with Crippen molar-refractivity contribution in [3.8, 4) is 0 Å². The number of hydrogen-bond donors (Lipinski definition) is 3. The first-order chi connectivity index (χ1) is 30.5. The quantitative estimate of drug-likeness (QED) is 0.0418. The zero-order valence-corrected chi connectivity index (χ0v) is 42.3. The Morgan fingerprint density at radius 2 is 0.677 bits per heavy atom. The van der Waals surface area contributed by atoms with Gasteiger partial charge < -0.3 is 20.3 Å². The number of aliphatic hydroxyl groups is 2. The summed E-state index contributed by atoms with van der Waals surface area (Å²) in [6, 6.07) is -0.692. The van der Waals surface area contributed by atoms with Crippen molar-refractivity contribution in [3.05, 3.63) is 0 Å². The summed E-state index contributed by atoms with van der Waals surface area (Å²) in [7, 11) is 0. The lowest BCUT2D eigenvalue weighted by atomic mass is 10.0. The van der Waals surface area contributed by atoms with E-state index in [0.717, 1.165) is 38.5 Å². The number of hydrogen-bond acceptors (Lipinski definition) is 5. The van der Waals surface area contributed by atoms with Crippen molar-refractivity contribution >= 4 is 11.9 Å². The predicted octanol–water partition coefficient (Wildman–Crippen LogP) is 17.1. The first-order valence-electron chi connectivity index (χ1n) is 28.3. The Kier molecular flexibility index (Phi) is 49.9. The highest BCUT2D eigenvalue weighted by Crippen LogP contribution is 2.19. The van der Waals surface area contributed by atoms with Crippen LogP contribution in [-0.4, -0.2) is 46.9 Å². The lowest BCUT2D eigenvalue weighted by Gasteiger charge is -2.24. The highest BCUT2D eigenvalue weighted by Gasteiger charge is 2.24. The molecular formula is C56H111NO5. The summed E-state index contributed by atoms with van der Waals surface area (Å²) in [5, 5.41) is 23.8. The molecule has 0 heterocycles. The molecule has 62 heavy (non-hydrogen) atoms. The van der Waals surface area contributed by atoms with Gasteiger partial charge in [0.05, 0.1) is 25.2 Å². The molecule has 0 spiro atoms. The largest absolute Gasteiger partial charge is 0.462 e. The summed E-state index contributed by atoms with van der Waals surface area (Å²) in [6.07, 6.45) is 56.0. The van der Waals surface area contributed by atoms with E-state index >= 15 is 0 Å². The zero-order chi connectivity index (χ0) is 45.2. The van der Waals surface area contributed by atoms with Gasteiger partial charge in [-0.25, -0.2) is 0 Å². The van der Waals surface area contributed by atoms with Crippen molar-refractivity contribution in [3.63, 3.8) is 0 Å². The molecule has 0 aliphatic heterocycles. The topological polar surface area (TPSA) is 95.9 Å². The van der Waals surface area contributed by atoms with Gasteiger partial charge in [-0.05, 0) is 25.7 Å². The van der Waals surface area contributed by atoms with Gasteiger partial charge in [-0.2, -0.15) is 0 Å². The van der Waals surface area contributed by atoms with Crippen LogP contribution in [0.15, 0.2) is 0 Å². The molecular weight excluding hydrogens is 767 g/mol. The molecule has 0 saturated heterocycles. The molecule has 0 rings (SSSR count). The Bertz CT molecular complexity index is 898. The first kappa shape index (κ1) is 60.9. The van der Waals surface area contributed by atoms with Crippen LogP contribution < -0.4 is 5.32 Å². The third kappa shape index (κ3) is 45.4. The Balaban J connectivity index is 4.36. The summed E-state index contributed by atoms with van der Waals surface area (Å²) in [5.41, 5.74) is 0. The molecule has 3 atom stereocenters. The molecule has 0 aromatic carbocycles. The number of carbonyl (C=O) groups is 2. The summed E-state index contributed by atoms with van der Waals surface area (Å²) in [5.74, 6) is -0.448. The standard InChI is InChI=1S/C56H111NO5/c1-4-7-10-13-16-19-22-24-26-27-28-29-30-32-34-37-40-43-46-49-56(61)62-52(47-44-41-38-35-21-18-15-12-9-6-3)50-55(60)57-53(51-58)54(59)48-45-42-39-36-33-31-25-23-20-17-14-11-8-5-2/h52-54,58-59H,4-51H2,1-3H3,(H,57,60). The lowest BCUT2D eigenvalue weighted by Crippen LogP contribution is -2.46. The van der Waals surface area contributed by atoms with Crippen molar-refractivity contribution in [2.75, 3.05) is 6.61 Å². The minimum atomic E-state index is -0.779. The minimum absolute atomic E-state index is 0.0877. The van der Waals surface area contributed by atoms with E-state index in [1.165, 1.54) is 238 Å². The Morgan fingerprint density at radius 3 is 0.984 bits per heavy atom. The summed E-state index contributed by atoms with van der Waals surface area (Å²) >= 11 is 0. The maximum atomic E-state index is 13.2. The van der Waals surface area contributed by atoms with Crippen LogP contribution in [0.25, 0.3) is 0 Å². The van der Waals surface area contributed by atoms with Crippen LogP contribution in [0.4, 0.5) is 0 Å². The van der Waals surface area contributed by atoms with Gasteiger partial charge in [0.15, 0.2) is 0 Å². The van der Waals surface area contributed by atoms with Crippen LogP contribution in [0.5, 0.6) is 0 Å². The maximum absolute atomic E-state index is 13.2. The van der Waals surface area contributed by atoms with E-state index in [-0.39, 0.29) is 24.9 Å². The molecule has 0 radical (unpaired) electrons. The fourth-order valence-corrected chi connectivity index (χ4v) is 9.14. The number of amides is 1. The number of ether oxygens (including phenoxy) is 1. The number of unbranched alkanes of at least 4 members (excludes halogenated alkanes) is 40. The van der Waals surface area contributed by atoms with Gasteiger partial charge in [-0.15, -0.1) is 0 Å². The number of nitrogens with one attached hydrogen (secondary N) is 1. The van der Waals surface area contributed by atoms with Crippen LogP contribution in [0.3, 0.4) is 0 Å². The molecule has 0 bridgehead atoms. The molecule has 3 unspecified atom stereocenters. The second-order valence-electron chi connectivity index (χ2n) is 19.7. The third-order valence-corrected chi connectivity index (χ3v) is 13.4. The van der Waals surface area contributed by atoms with Crippen LogP contribution >= 0.6 is 0 Å². The van der Waals surface area contributed by atoms with E-state index < -0.39 is 18.2 Å². The van der Waals surface area contributed by atoms with E-state index in [1.54, 1.807) is 0 Å². The summed E-state index contributed by atoms with van der Waals surface area (Å²) < 4.78 is 5.95. The van der Waals surface area contributed by atoms with Crippen LogP contribution in [0.1, 0.15) is 323 Å². The maximum Gasteiger partial charge on any atom is 0.306 e. The SMILES string of the molecule is CCCCCCCCCCCCCCCCCCCCCC(=O)OC(CCCCCCCCCCCC)CC(=O)NC(CO)C(O)CCCCCCCCCCCCCCCC. The monoisotopic (exact) mass is 878 g/mol. The van der Waals surface area contributed by atoms with Gasteiger partial charge >= 0.3 is 5.97 Å². The van der Waals surface area contributed by atoms with Crippen molar-refractivity contribution in [1.29, 1.82) is 0 Å². The van der Waals surface area contributed by atoms with E-state index in [0.29, 0.717) is 19.3 Å². The van der Waals surface area contributed by atoms with Crippen molar-refractivity contribution in [2.45, 2.75) is 341 Å². The van der Waals surface area contributed by atoms with Crippen LogP contribution in [0, 0.1) is 0 Å². The molecule has 0 aliphatic carbocycles. The smallest absolute Gasteiger partial charge is 0.306 e. The van der Waals surface area contributed by atoms with Crippen LogP contribution in [0.2, 0.25) is 0 Å². The second-order valence-corrected chi connectivity index (χ2v) is 19.7. The highest BCUT2D eigenvalue weighted by atomic mass is 16.5. The fourth-order valence-electron chi connectivity index (χ4n) is 9.14. The number of aliphatic hydroxyl groups excluding tert-OH is 2. The average molecular weight is 879 g/mol. The van der Waals surface area contributed by atoms with E-state index in [9.17, 15) is 19.8 Å². The highest BCUT2D eigenvalue weighted by molar-refractivity contribution is 5.77. The number of carbonyl (C=O) groups excluding carboxylic acids is 2. The Hall–Kier alpha value is -1.14. The van der Waals surface area contributed by atoms with Gasteiger partial charge in [-0.3, -0.25) is 9.59 Å². The first-order valence-corrected chi connectivity index (χ1v) is 28.3. The van der Waals surface area contributed by atoms with Gasteiger partial charge in [0, 0.05) is 6.42 Å². The van der Waals surface area contributed by atoms with E-state index in [2.05, 4.69) is 26.1 Å². The zero-order valence-electron chi connectivity index (χ0n) is 42.3. The molecule has 0 aromatic rings. The molecule has 0 fully saturated rings. The van der Waals surface area contributed by atoms with Gasteiger partial charge in [0.25, 0.3) is 0 Å². The molecule has 6 heteroatoms. The van der Waals surface area contributed by atoms with Crippen molar-refractivity contribution < 1.29 is 24.5 Å². The molecule has 0 saturated carbocycles. The summed E-state index contributed by atoms with van der Waals surface area (Å²) in [4.78, 5) is 26.2. The van der Waals surface area contributed by atoms with Gasteiger partial charge in [0.2, 0.25) is 5.91 Å². The molecule has 6 nitrogen and oxygen atoms in total. The predicted molar refractivity (Wildman–Crippen MR) is 269 cm³/mol. The molecule has 1 amide bonds. The third-order valence-electron chi connectivity index (χ3n) is 13.4. The van der Waals surface area contributed by atoms with Crippen LogP contribution in [-0.2, 0) is 14.3 Å². The van der Waals surface area contributed by atoms with Crippen molar-refractivity contribution in [1.82, 2.24) is 5.32 Å². The van der Waals surface area contributed by atoms with E-state index in [1.807, 2.05) is 0 Å². The summed E-state index contributed by atoms with van der Waals surface area (Å²) in [6.45, 7) is 6.52. The molecule has 0 aromatic heterocycles. The van der Waals surface area contributed by atoms with Gasteiger partial charge in [-0.1, -0.05) is 284 Å². The lowest BCUT2D eigenvalue weighted by molar-refractivity contribution is -0.151. The van der Waals surface area contributed by atoms with Gasteiger partial charge in [0.1, 0.15) is 6.10 Å². The molecule has 0 aliphatic rings.